The zero-order valence-corrected chi connectivity index (χ0v) is 5.02. The minimum absolute atomic E-state index is 0.251. The third-order valence-electron chi connectivity index (χ3n) is 1.03. The highest BCUT2D eigenvalue weighted by molar-refractivity contribution is 7.85. The van der Waals surface area contributed by atoms with E-state index in [2.05, 4.69) is 0 Å². The topological polar surface area (TPSA) is 54.4 Å². The van der Waals surface area contributed by atoms with Gasteiger partial charge in [-0.25, -0.2) is 0 Å². The van der Waals surface area contributed by atoms with Gasteiger partial charge in [-0.1, -0.05) is 0 Å². The summed E-state index contributed by atoms with van der Waals surface area (Å²) in [6, 6.07) is 0. The van der Waals surface area contributed by atoms with E-state index in [-0.39, 0.29) is 23.9 Å². The van der Waals surface area contributed by atoms with Crippen LogP contribution in [-0.2, 0) is 9.59 Å². The lowest BCUT2D eigenvalue weighted by Crippen LogP contribution is -1.86. The van der Waals surface area contributed by atoms with Crippen LogP contribution in [0.2, 0.25) is 0 Å². The van der Waals surface area contributed by atoms with Crippen LogP contribution in [-0.4, -0.2) is 15.9 Å². The van der Waals surface area contributed by atoms with Crippen LogP contribution < -0.4 is 0 Å². The normalized spacial score (nSPS) is 22.6. The Morgan fingerprint density at radius 2 is 1.62 bits per heavy atom. The van der Waals surface area contributed by atoms with Crippen molar-refractivity contribution in [3.8, 4) is 0 Å². The summed E-state index contributed by atoms with van der Waals surface area (Å²) in [6.07, 6.45) is 0.502. The predicted octanol–water partition coefficient (Wildman–Crippen LogP) is 0.223. The lowest BCUT2D eigenvalue weighted by Gasteiger charge is -1.89. The van der Waals surface area contributed by atoms with E-state index in [1.54, 1.807) is 0 Å². The maximum absolute atomic E-state index is 10.3. The van der Waals surface area contributed by atoms with Crippen molar-refractivity contribution in [2.24, 2.45) is 0 Å². The molecule has 0 saturated carbocycles. The van der Waals surface area contributed by atoms with Crippen LogP contribution in [0.3, 0.4) is 0 Å². The van der Waals surface area contributed by atoms with Crippen LogP contribution in [0.15, 0.2) is 0 Å². The third kappa shape index (κ3) is 0.791. The highest BCUT2D eigenvalue weighted by atomic mass is 31.1. The molecule has 3 nitrogen and oxygen atoms in total. The zero-order chi connectivity index (χ0) is 6.15. The monoisotopic (exact) mass is 132 g/mol. The van der Waals surface area contributed by atoms with E-state index in [0.29, 0.717) is 0 Å². The molecule has 0 amide bonds. The average Bonchev–Trinajstić information content (AvgIpc) is 1.98. The molecule has 0 radical (unpaired) electrons. The van der Waals surface area contributed by atoms with E-state index in [9.17, 15) is 9.59 Å². The molecule has 1 rings (SSSR count). The number of hydrogen-bond donors (Lipinski definition) is 1. The second kappa shape index (κ2) is 1.92. The van der Waals surface area contributed by atoms with Crippen molar-refractivity contribution in [2.75, 3.05) is 0 Å². The molecule has 1 fully saturated rings. The molecule has 0 bridgehead atoms. The molecule has 0 aromatic heterocycles. The van der Waals surface area contributed by atoms with E-state index < -0.39 is 8.15 Å². The van der Waals surface area contributed by atoms with E-state index in [4.69, 9.17) is 4.89 Å². The fraction of sp³-hybridized carbons (Fsp3) is 0.500. The minimum Gasteiger partial charge on any atom is -0.360 e. The Bertz CT molecular complexity index is 126. The molecule has 1 heterocycles. The van der Waals surface area contributed by atoms with Gasteiger partial charge < -0.3 is 4.89 Å². The summed E-state index contributed by atoms with van der Waals surface area (Å²) in [7, 11) is -1.87. The summed E-state index contributed by atoms with van der Waals surface area (Å²) in [5.74, 6) is 0. The molecule has 0 aromatic rings. The summed E-state index contributed by atoms with van der Waals surface area (Å²) in [5.41, 5.74) is -0.546. The van der Waals surface area contributed by atoms with Crippen LogP contribution in [0, 0.1) is 0 Å². The van der Waals surface area contributed by atoms with Gasteiger partial charge in [0, 0.05) is 12.8 Å². The van der Waals surface area contributed by atoms with Crippen molar-refractivity contribution in [1.29, 1.82) is 0 Å². The van der Waals surface area contributed by atoms with Gasteiger partial charge in [-0.15, -0.1) is 0 Å². The Morgan fingerprint density at radius 3 is 1.75 bits per heavy atom. The lowest BCUT2D eigenvalue weighted by atomic mass is 10.4. The predicted molar refractivity (Wildman–Crippen MR) is 28.4 cm³/mol. The van der Waals surface area contributed by atoms with Crippen molar-refractivity contribution >= 4 is 19.2 Å². The molecule has 0 aromatic carbocycles. The largest absolute Gasteiger partial charge is 0.360 e. The fourth-order valence-corrected chi connectivity index (χ4v) is 1.49. The lowest BCUT2D eigenvalue weighted by molar-refractivity contribution is -0.112. The van der Waals surface area contributed by atoms with Gasteiger partial charge in [0.05, 0.1) is 0 Å². The standard InChI is InChI=1S/C4H5O3P/c5-3-1-2-4(6)8(3)7/h7H,1-2H2. The van der Waals surface area contributed by atoms with Crippen molar-refractivity contribution in [3.63, 3.8) is 0 Å². The minimum atomic E-state index is -1.87. The SMILES string of the molecule is O=C1CCC(=O)P1O. The van der Waals surface area contributed by atoms with Crippen LogP contribution in [0.5, 0.6) is 0 Å². The Hall–Kier alpha value is -0.270. The van der Waals surface area contributed by atoms with Gasteiger partial charge in [-0.05, 0) is 0 Å². The Labute approximate surface area is 47.5 Å². The van der Waals surface area contributed by atoms with Gasteiger partial charge in [0.1, 0.15) is 0 Å². The second-order valence-corrected chi connectivity index (χ2v) is 3.22. The molecule has 44 valence electrons. The van der Waals surface area contributed by atoms with Crippen molar-refractivity contribution < 1.29 is 14.5 Å². The number of hydrogen-bond acceptors (Lipinski definition) is 3. The molecule has 0 unspecified atom stereocenters. The van der Waals surface area contributed by atoms with Crippen LogP contribution in [0.4, 0.5) is 0 Å². The van der Waals surface area contributed by atoms with Crippen molar-refractivity contribution in [1.82, 2.24) is 0 Å². The summed E-state index contributed by atoms with van der Waals surface area (Å²) >= 11 is 0. The molecule has 0 spiro atoms. The van der Waals surface area contributed by atoms with Crippen molar-refractivity contribution in [2.45, 2.75) is 12.8 Å². The van der Waals surface area contributed by atoms with Crippen molar-refractivity contribution in [3.05, 3.63) is 0 Å². The summed E-state index contributed by atoms with van der Waals surface area (Å²) < 4.78 is 0. The van der Waals surface area contributed by atoms with E-state index in [1.807, 2.05) is 0 Å². The highest BCUT2D eigenvalue weighted by Crippen LogP contribution is 2.41. The quantitative estimate of drug-likeness (QED) is 0.479. The van der Waals surface area contributed by atoms with Gasteiger partial charge in [0.25, 0.3) is 0 Å². The molecular formula is C4H5O3P. The average molecular weight is 132 g/mol. The molecule has 1 aliphatic rings. The van der Waals surface area contributed by atoms with Gasteiger partial charge >= 0.3 is 0 Å². The maximum atomic E-state index is 10.3. The molecule has 1 saturated heterocycles. The smallest absolute Gasteiger partial charge is 0.189 e. The zero-order valence-electron chi connectivity index (χ0n) is 4.13. The van der Waals surface area contributed by atoms with Crippen LogP contribution in [0.1, 0.15) is 12.8 Å². The summed E-state index contributed by atoms with van der Waals surface area (Å²) in [4.78, 5) is 29.3. The first-order valence-electron chi connectivity index (χ1n) is 2.26. The van der Waals surface area contributed by atoms with E-state index in [0.717, 1.165) is 0 Å². The summed E-state index contributed by atoms with van der Waals surface area (Å²) in [5, 5.41) is 0. The molecule has 0 aliphatic carbocycles. The first-order valence-corrected chi connectivity index (χ1v) is 3.56. The van der Waals surface area contributed by atoms with E-state index >= 15 is 0 Å². The molecule has 8 heavy (non-hydrogen) atoms. The van der Waals surface area contributed by atoms with E-state index in [1.165, 1.54) is 0 Å². The fourth-order valence-electron chi connectivity index (χ4n) is 0.565. The Kier molecular flexibility index (Phi) is 1.41. The van der Waals surface area contributed by atoms with Gasteiger partial charge in [-0.3, -0.25) is 9.59 Å². The molecule has 0 atom stereocenters. The van der Waals surface area contributed by atoms with Gasteiger partial charge in [-0.2, -0.15) is 0 Å². The molecular weight excluding hydrogens is 127 g/mol. The molecule has 1 N–H and O–H groups in total. The number of rotatable bonds is 0. The first-order chi connectivity index (χ1) is 3.72. The second-order valence-electron chi connectivity index (χ2n) is 1.60. The van der Waals surface area contributed by atoms with Gasteiger partial charge in [0.2, 0.25) is 0 Å². The maximum Gasteiger partial charge on any atom is 0.189 e. The Morgan fingerprint density at radius 1 is 1.25 bits per heavy atom. The first kappa shape index (κ1) is 5.86. The highest BCUT2D eigenvalue weighted by Gasteiger charge is 2.30. The summed E-state index contributed by atoms with van der Waals surface area (Å²) in [6.45, 7) is 0. The number of carbonyl (C=O) groups is 2. The molecule has 4 heteroatoms. The van der Waals surface area contributed by atoms with Gasteiger partial charge in [0.15, 0.2) is 19.2 Å². The third-order valence-corrected chi connectivity index (χ3v) is 2.42. The van der Waals surface area contributed by atoms with Crippen LogP contribution >= 0.6 is 8.15 Å². The molecule has 1 aliphatic heterocycles. The van der Waals surface area contributed by atoms with Crippen LogP contribution in [0.25, 0.3) is 0 Å². The number of carbonyl (C=O) groups excluding carboxylic acids is 2. The Balaban J connectivity index is 2.70.